The van der Waals surface area contributed by atoms with Crippen LogP contribution in [0.4, 0.5) is 5.69 Å². The summed E-state index contributed by atoms with van der Waals surface area (Å²) in [6.45, 7) is 2.25. The predicted octanol–water partition coefficient (Wildman–Crippen LogP) is 6.43. The van der Waals surface area contributed by atoms with E-state index in [9.17, 15) is 14.9 Å². The molecule has 4 aromatic rings. The molecule has 5 rings (SSSR count). The van der Waals surface area contributed by atoms with E-state index in [2.05, 4.69) is 6.92 Å². The molecule has 6 nitrogen and oxygen atoms in total. The third kappa shape index (κ3) is 4.30. The molecule has 0 aliphatic heterocycles. The molecule has 0 N–H and O–H groups in total. The maximum atomic E-state index is 13.8. The highest BCUT2D eigenvalue weighted by Gasteiger charge is 2.25. The van der Waals surface area contributed by atoms with Crippen molar-refractivity contribution in [3.05, 3.63) is 90.0 Å². The van der Waals surface area contributed by atoms with Crippen LogP contribution in [0.1, 0.15) is 29.3 Å². The summed E-state index contributed by atoms with van der Waals surface area (Å²) in [5, 5.41) is 12.9. The standard InChI is InChI=1S/C24H20ClN3O3S2/c1-14-2-11-19-20(12-14)33-22-21(19)23(29)27(17-9-5-16(25)6-10-17)24(26-22)32-13-15-3-7-18(8-4-15)28(30)31/h3-10,14H,2,11-13H2,1H3. The molecule has 0 saturated heterocycles. The molecular formula is C24H20ClN3O3S2. The van der Waals surface area contributed by atoms with Gasteiger partial charge >= 0.3 is 0 Å². The number of thioether (sulfide) groups is 1. The van der Waals surface area contributed by atoms with Crippen LogP contribution in [0, 0.1) is 16.0 Å². The van der Waals surface area contributed by atoms with E-state index in [4.69, 9.17) is 16.6 Å². The second-order valence-corrected chi connectivity index (χ2v) is 10.7. The van der Waals surface area contributed by atoms with Gasteiger partial charge in [-0.15, -0.1) is 11.3 Å². The number of hydrogen-bond acceptors (Lipinski definition) is 6. The van der Waals surface area contributed by atoms with Crippen molar-refractivity contribution >= 4 is 50.6 Å². The lowest BCUT2D eigenvalue weighted by atomic mass is 9.89. The first-order chi connectivity index (χ1) is 15.9. The molecule has 0 saturated carbocycles. The van der Waals surface area contributed by atoms with Crippen LogP contribution >= 0.6 is 34.7 Å². The minimum atomic E-state index is -0.413. The van der Waals surface area contributed by atoms with Crippen molar-refractivity contribution in [2.75, 3.05) is 0 Å². The second kappa shape index (κ2) is 8.93. The molecule has 9 heteroatoms. The number of aryl methyl sites for hydroxylation is 1. The summed E-state index contributed by atoms with van der Waals surface area (Å²) >= 11 is 9.16. The molecular weight excluding hydrogens is 478 g/mol. The fourth-order valence-electron chi connectivity index (χ4n) is 4.15. The number of fused-ring (bicyclic) bond motifs is 3. The third-order valence-corrected chi connectivity index (χ3v) is 8.31. The number of aromatic nitrogens is 2. The average molecular weight is 498 g/mol. The van der Waals surface area contributed by atoms with Gasteiger partial charge in [-0.2, -0.15) is 0 Å². The van der Waals surface area contributed by atoms with Gasteiger partial charge in [-0.05, 0) is 60.6 Å². The Labute approximate surface area is 203 Å². The SMILES string of the molecule is CC1CCc2c(sc3nc(SCc4ccc([N+](=O)[O-])cc4)n(-c4ccc(Cl)cc4)c(=O)c23)C1. The van der Waals surface area contributed by atoms with Crippen LogP contribution in [0.25, 0.3) is 15.9 Å². The number of hydrogen-bond donors (Lipinski definition) is 0. The topological polar surface area (TPSA) is 78.0 Å². The summed E-state index contributed by atoms with van der Waals surface area (Å²) in [4.78, 5) is 31.3. The molecule has 0 radical (unpaired) electrons. The molecule has 0 bridgehead atoms. The molecule has 1 unspecified atom stereocenters. The smallest absolute Gasteiger partial charge is 0.268 e. The van der Waals surface area contributed by atoms with Gasteiger partial charge in [0.05, 0.1) is 16.0 Å². The van der Waals surface area contributed by atoms with E-state index in [1.807, 2.05) is 12.1 Å². The van der Waals surface area contributed by atoms with Gasteiger partial charge in [0, 0.05) is 27.8 Å². The van der Waals surface area contributed by atoms with Crippen LogP contribution in [0.15, 0.2) is 58.5 Å². The lowest BCUT2D eigenvalue weighted by molar-refractivity contribution is -0.384. The molecule has 0 fully saturated rings. The minimum Gasteiger partial charge on any atom is -0.268 e. The molecule has 1 aliphatic carbocycles. The normalized spacial score (nSPS) is 15.5. The van der Waals surface area contributed by atoms with E-state index < -0.39 is 4.92 Å². The molecule has 2 aromatic carbocycles. The Balaban J connectivity index is 1.60. The molecule has 1 atom stereocenters. The van der Waals surface area contributed by atoms with E-state index in [1.54, 1.807) is 40.2 Å². The average Bonchev–Trinajstić information content (AvgIpc) is 3.16. The van der Waals surface area contributed by atoms with Crippen molar-refractivity contribution < 1.29 is 4.92 Å². The zero-order valence-electron chi connectivity index (χ0n) is 17.8. The van der Waals surface area contributed by atoms with E-state index in [0.717, 1.165) is 40.6 Å². The Bertz CT molecular complexity index is 1410. The van der Waals surface area contributed by atoms with Crippen LogP contribution < -0.4 is 5.56 Å². The predicted molar refractivity (Wildman–Crippen MR) is 134 cm³/mol. The first-order valence-corrected chi connectivity index (χ1v) is 12.8. The van der Waals surface area contributed by atoms with Crippen LogP contribution in [-0.2, 0) is 18.6 Å². The van der Waals surface area contributed by atoms with Gasteiger partial charge in [-0.25, -0.2) is 4.98 Å². The zero-order chi connectivity index (χ0) is 23.1. The highest BCUT2D eigenvalue weighted by molar-refractivity contribution is 7.98. The summed E-state index contributed by atoms with van der Waals surface area (Å²) in [6, 6.07) is 13.6. The summed E-state index contributed by atoms with van der Waals surface area (Å²) in [7, 11) is 0. The van der Waals surface area contributed by atoms with Gasteiger partial charge in [0.25, 0.3) is 11.2 Å². The van der Waals surface area contributed by atoms with Crippen molar-refractivity contribution in [2.45, 2.75) is 37.1 Å². The lowest BCUT2D eigenvalue weighted by Crippen LogP contribution is -2.22. The number of thiophene rings is 1. The van der Waals surface area contributed by atoms with Crippen molar-refractivity contribution in [3.63, 3.8) is 0 Å². The maximum absolute atomic E-state index is 13.8. The van der Waals surface area contributed by atoms with Gasteiger partial charge in [-0.3, -0.25) is 19.5 Å². The van der Waals surface area contributed by atoms with Gasteiger partial charge in [-0.1, -0.05) is 42.4 Å². The summed E-state index contributed by atoms with van der Waals surface area (Å²) < 4.78 is 1.67. The van der Waals surface area contributed by atoms with Crippen molar-refractivity contribution in [2.24, 2.45) is 5.92 Å². The quantitative estimate of drug-likeness (QED) is 0.137. The van der Waals surface area contributed by atoms with Crippen molar-refractivity contribution in [1.29, 1.82) is 0 Å². The van der Waals surface area contributed by atoms with E-state index in [0.29, 0.717) is 27.5 Å². The Kier molecular flexibility index (Phi) is 5.99. The number of benzene rings is 2. The number of halogens is 1. The van der Waals surface area contributed by atoms with Crippen LogP contribution in [0.5, 0.6) is 0 Å². The van der Waals surface area contributed by atoms with Gasteiger partial charge in [0.1, 0.15) is 4.83 Å². The second-order valence-electron chi connectivity index (χ2n) is 8.26. The fourth-order valence-corrected chi connectivity index (χ4v) is 6.67. The summed E-state index contributed by atoms with van der Waals surface area (Å²) in [6.07, 6.45) is 2.97. The third-order valence-electron chi connectivity index (χ3n) is 5.90. The number of non-ortho nitro benzene ring substituents is 1. The van der Waals surface area contributed by atoms with Crippen LogP contribution in [0.3, 0.4) is 0 Å². The molecule has 33 heavy (non-hydrogen) atoms. The maximum Gasteiger partial charge on any atom is 0.269 e. The molecule has 0 spiro atoms. The molecule has 0 amide bonds. The van der Waals surface area contributed by atoms with Gasteiger partial charge in [0.15, 0.2) is 5.16 Å². The minimum absolute atomic E-state index is 0.0550. The molecule has 2 aromatic heterocycles. The van der Waals surface area contributed by atoms with E-state index in [-0.39, 0.29) is 11.2 Å². The molecule has 1 aliphatic rings. The lowest BCUT2D eigenvalue weighted by Gasteiger charge is -2.18. The molecule has 168 valence electrons. The number of nitro benzene ring substituents is 1. The van der Waals surface area contributed by atoms with Crippen LogP contribution in [0.2, 0.25) is 5.02 Å². The monoisotopic (exact) mass is 497 g/mol. The Morgan fingerprint density at radius 1 is 1.21 bits per heavy atom. The van der Waals surface area contributed by atoms with Gasteiger partial charge in [0.2, 0.25) is 0 Å². The Hall–Kier alpha value is -2.68. The fraction of sp³-hybridized carbons (Fsp3) is 0.250. The Morgan fingerprint density at radius 2 is 1.94 bits per heavy atom. The highest BCUT2D eigenvalue weighted by Crippen LogP contribution is 2.37. The molecule has 2 heterocycles. The summed E-state index contributed by atoms with van der Waals surface area (Å²) in [5.41, 5.74) is 2.79. The van der Waals surface area contributed by atoms with Crippen LogP contribution in [-0.4, -0.2) is 14.5 Å². The number of rotatable bonds is 5. The summed E-state index contributed by atoms with van der Waals surface area (Å²) in [5.74, 6) is 1.14. The van der Waals surface area contributed by atoms with E-state index in [1.165, 1.54) is 28.8 Å². The number of nitro groups is 1. The first-order valence-electron chi connectivity index (χ1n) is 10.6. The van der Waals surface area contributed by atoms with Crippen molar-refractivity contribution in [3.8, 4) is 5.69 Å². The van der Waals surface area contributed by atoms with Gasteiger partial charge < -0.3 is 0 Å². The van der Waals surface area contributed by atoms with Crippen molar-refractivity contribution in [1.82, 2.24) is 9.55 Å². The number of nitrogens with zero attached hydrogens (tertiary/aromatic N) is 3. The van der Waals surface area contributed by atoms with E-state index >= 15 is 0 Å². The zero-order valence-corrected chi connectivity index (χ0v) is 20.2. The first kappa shape index (κ1) is 22.1. The highest BCUT2D eigenvalue weighted by atomic mass is 35.5. The largest absolute Gasteiger partial charge is 0.269 e. The Morgan fingerprint density at radius 3 is 2.64 bits per heavy atom.